The van der Waals surface area contributed by atoms with Crippen molar-refractivity contribution in [1.82, 2.24) is 9.71 Å². The molecule has 1 aromatic heterocycles. The quantitative estimate of drug-likeness (QED) is 0.471. The molecule has 10 heteroatoms. The van der Waals surface area contributed by atoms with Gasteiger partial charge in [0.1, 0.15) is 5.75 Å². The van der Waals surface area contributed by atoms with E-state index in [-0.39, 0.29) is 23.3 Å². The van der Waals surface area contributed by atoms with Gasteiger partial charge in [0, 0.05) is 22.9 Å². The van der Waals surface area contributed by atoms with Crippen LogP contribution in [0.4, 0.5) is 5.69 Å². The number of thiazole rings is 1. The summed E-state index contributed by atoms with van der Waals surface area (Å²) in [6.07, 6.45) is 2.37. The summed E-state index contributed by atoms with van der Waals surface area (Å²) in [6.45, 7) is 0. The van der Waals surface area contributed by atoms with E-state index in [1.807, 2.05) is 29.6 Å². The van der Waals surface area contributed by atoms with Crippen molar-refractivity contribution in [2.24, 2.45) is 0 Å². The molecule has 2 aromatic carbocycles. The Morgan fingerprint density at radius 2 is 2.06 bits per heavy atom. The Labute approximate surface area is 195 Å². The Morgan fingerprint density at radius 1 is 1.25 bits per heavy atom. The molecule has 4 rings (SSSR count). The maximum absolute atomic E-state index is 12.6. The lowest BCUT2D eigenvalue weighted by molar-refractivity contribution is -0.115. The molecule has 0 atom stereocenters. The van der Waals surface area contributed by atoms with Crippen LogP contribution < -0.4 is 14.8 Å². The summed E-state index contributed by atoms with van der Waals surface area (Å²) in [5.41, 5.74) is 1.98. The van der Waals surface area contributed by atoms with Crippen LogP contribution in [0.15, 0.2) is 52.7 Å². The van der Waals surface area contributed by atoms with Gasteiger partial charge in [0.15, 0.2) is 0 Å². The van der Waals surface area contributed by atoms with Crippen LogP contribution in [0.1, 0.15) is 29.1 Å². The zero-order valence-electron chi connectivity index (χ0n) is 17.3. The van der Waals surface area contributed by atoms with Gasteiger partial charge in [-0.1, -0.05) is 23.7 Å². The van der Waals surface area contributed by atoms with Crippen molar-refractivity contribution in [2.75, 3.05) is 12.4 Å². The van der Waals surface area contributed by atoms with Gasteiger partial charge in [-0.25, -0.2) is 18.1 Å². The number of nitrogens with one attached hydrogen (secondary N) is 2. The molecule has 1 saturated carbocycles. The van der Waals surface area contributed by atoms with E-state index in [1.54, 1.807) is 0 Å². The Morgan fingerprint density at radius 3 is 2.78 bits per heavy atom. The number of sulfonamides is 1. The molecular weight excluding hydrogens is 470 g/mol. The number of ether oxygens (including phenoxy) is 1. The van der Waals surface area contributed by atoms with E-state index < -0.39 is 10.0 Å². The maximum atomic E-state index is 12.6. The highest BCUT2D eigenvalue weighted by atomic mass is 35.5. The predicted octanol–water partition coefficient (Wildman–Crippen LogP) is 4.02. The Balaban J connectivity index is 1.43. The lowest BCUT2D eigenvalue weighted by Gasteiger charge is -2.12. The number of anilines is 1. The molecule has 2 N–H and O–H groups in total. The van der Waals surface area contributed by atoms with E-state index >= 15 is 0 Å². The molecule has 32 heavy (non-hydrogen) atoms. The van der Waals surface area contributed by atoms with Crippen LogP contribution in [0.5, 0.6) is 5.75 Å². The summed E-state index contributed by atoms with van der Waals surface area (Å²) >= 11 is 7.51. The molecule has 1 fully saturated rings. The molecule has 0 aliphatic heterocycles. The van der Waals surface area contributed by atoms with Gasteiger partial charge in [-0.3, -0.25) is 4.79 Å². The molecule has 3 aromatic rings. The number of hydrogen-bond donors (Lipinski definition) is 2. The van der Waals surface area contributed by atoms with Crippen LogP contribution in [0.2, 0.25) is 5.02 Å². The summed E-state index contributed by atoms with van der Waals surface area (Å²) < 4.78 is 32.9. The topological polar surface area (TPSA) is 97.4 Å². The Hall–Kier alpha value is -2.46. The number of hydrogen-bond acceptors (Lipinski definition) is 6. The minimum absolute atomic E-state index is 0.00841. The van der Waals surface area contributed by atoms with Crippen molar-refractivity contribution in [1.29, 1.82) is 0 Å². The second-order valence-electron chi connectivity index (χ2n) is 7.52. The molecule has 0 spiro atoms. The first-order chi connectivity index (χ1) is 15.3. The van der Waals surface area contributed by atoms with E-state index in [0.29, 0.717) is 28.6 Å². The van der Waals surface area contributed by atoms with Gasteiger partial charge in [0.05, 0.1) is 34.8 Å². The summed E-state index contributed by atoms with van der Waals surface area (Å²) in [5.74, 6) is 0.0660. The number of carbonyl (C=O) groups is 1. The average Bonchev–Trinajstić information content (AvgIpc) is 3.44. The summed E-state index contributed by atoms with van der Waals surface area (Å²) in [7, 11) is -2.18. The van der Waals surface area contributed by atoms with Crippen molar-refractivity contribution in [2.45, 2.75) is 36.6 Å². The van der Waals surface area contributed by atoms with Crippen molar-refractivity contribution in [3.8, 4) is 5.75 Å². The van der Waals surface area contributed by atoms with Crippen molar-refractivity contribution in [3.63, 3.8) is 0 Å². The number of carbonyl (C=O) groups excluding carboxylic acids is 1. The molecule has 1 aliphatic carbocycles. The number of methoxy groups -OCH3 is 1. The largest absolute Gasteiger partial charge is 0.495 e. The van der Waals surface area contributed by atoms with E-state index in [9.17, 15) is 13.2 Å². The SMILES string of the molecule is COc1ccc(S(=O)(=O)NC2CC2)cc1NC(=O)Cc1csc(Cc2cccc(Cl)c2)n1. The van der Waals surface area contributed by atoms with Crippen LogP contribution in [0.3, 0.4) is 0 Å². The lowest BCUT2D eigenvalue weighted by Crippen LogP contribution is -2.26. The normalized spacial score (nSPS) is 13.7. The molecule has 168 valence electrons. The first-order valence-electron chi connectivity index (χ1n) is 10.0. The number of amides is 1. The second kappa shape index (κ2) is 9.58. The highest BCUT2D eigenvalue weighted by molar-refractivity contribution is 7.89. The number of nitrogens with zero attached hydrogens (tertiary/aromatic N) is 1. The minimum Gasteiger partial charge on any atom is -0.495 e. The third-order valence-corrected chi connectivity index (χ3v) is 7.49. The lowest BCUT2D eigenvalue weighted by atomic mass is 10.2. The van der Waals surface area contributed by atoms with Gasteiger partial charge in [0.25, 0.3) is 0 Å². The van der Waals surface area contributed by atoms with E-state index in [0.717, 1.165) is 23.4 Å². The highest BCUT2D eigenvalue weighted by Crippen LogP contribution is 2.29. The zero-order chi connectivity index (χ0) is 22.7. The van der Waals surface area contributed by atoms with Crippen molar-refractivity contribution in [3.05, 3.63) is 69.1 Å². The average molecular weight is 492 g/mol. The van der Waals surface area contributed by atoms with E-state index in [2.05, 4.69) is 15.0 Å². The van der Waals surface area contributed by atoms with Gasteiger partial charge < -0.3 is 10.1 Å². The molecule has 7 nitrogen and oxygen atoms in total. The fourth-order valence-electron chi connectivity index (χ4n) is 3.13. The van der Waals surface area contributed by atoms with Crippen LogP contribution in [0, 0.1) is 0 Å². The minimum atomic E-state index is -3.65. The zero-order valence-corrected chi connectivity index (χ0v) is 19.7. The molecule has 0 unspecified atom stereocenters. The van der Waals surface area contributed by atoms with Crippen LogP contribution in [-0.2, 0) is 27.7 Å². The molecule has 0 radical (unpaired) electrons. The van der Waals surface area contributed by atoms with Gasteiger partial charge in [-0.15, -0.1) is 11.3 Å². The third kappa shape index (κ3) is 5.86. The number of rotatable bonds is 9. The summed E-state index contributed by atoms with van der Waals surface area (Å²) in [6, 6.07) is 12.0. The maximum Gasteiger partial charge on any atom is 0.240 e. The molecule has 0 bridgehead atoms. The molecule has 0 saturated heterocycles. The first kappa shape index (κ1) is 22.7. The van der Waals surface area contributed by atoms with Gasteiger partial charge in [-0.2, -0.15) is 0 Å². The van der Waals surface area contributed by atoms with Gasteiger partial charge >= 0.3 is 0 Å². The number of halogens is 1. The first-order valence-corrected chi connectivity index (χ1v) is 12.7. The fraction of sp³-hybridized carbons (Fsp3) is 0.273. The van der Waals surface area contributed by atoms with Crippen molar-refractivity contribution >= 4 is 44.6 Å². The Kier molecular flexibility index (Phi) is 6.80. The summed E-state index contributed by atoms with van der Waals surface area (Å²) in [5, 5.41) is 6.15. The monoisotopic (exact) mass is 491 g/mol. The molecule has 1 aliphatic rings. The van der Waals surface area contributed by atoms with Crippen molar-refractivity contribution < 1.29 is 17.9 Å². The smallest absolute Gasteiger partial charge is 0.240 e. The number of aromatic nitrogens is 1. The second-order valence-corrected chi connectivity index (χ2v) is 10.6. The van der Waals surface area contributed by atoms with E-state index in [1.165, 1.54) is 36.6 Å². The van der Waals surface area contributed by atoms with Gasteiger partial charge in [0.2, 0.25) is 15.9 Å². The summed E-state index contributed by atoms with van der Waals surface area (Å²) in [4.78, 5) is 17.2. The van der Waals surface area contributed by atoms with Crippen LogP contribution in [0.25, 0.3) is 0 Å². The standard InChI is InChI=1S/C22H22ClN3O4S2/c1-30-20-8-7-18(32(28,29)26-16-5-6-16)12-19(20)25-21(27)11-17-13-31-22(24-17)10-14-3-2-4-15(23)9-14/h2-4,7-9,12-13,16,26H,5-6,10-11H2,1H3,(H,25,27). The van der Waals surface area contributed by atoms with Crippen LogP contribution in [-0.4, -0.2) is 32.5 Å². The molecule has 1 heterocycles. The van der Waals surface area contributed by atoms with E-state index in [4.69, 9.17) is 16.3 Å². The van der Waals surface area contributed by atoms with Gasteiger partial charge in [-0.05, 0) is 48.7 Å². The third-order valence-electron chi connectivity index (χ3n) is 4.84. The van der Waals surface area contributed by atoms with Crippen LogP contribution >= 0.6 is 22.9 Å². The Bertz CT molecular complexity index is 1240. The molecule has 1 amide bonds. The molecular formula is C22H22ClN3O4S2. The number of benzene rings is 2. The predicted molar refractivity (Wildman–Crippen MR) is 125 cm³/mol. The highest BCUT2D eigenvalue weighted by Gasteiger charge is 2.28. The fourth-order valence-corrected chi connectivity index (χ4v) is 5.50.